The standard InChI is InChI=1S/C22H25N5O5/c1-4-31-18(28)12-25-7-8-27(22(25)30)17-6-5-16(11-14(17)2)26-9-10-32-20-19(21(26)29)15(3)23-13-24-20/h5-6,11,13H,4,7-10,12H2,1-3H3. The zero-order valence-electron chi connectivity index (χ0n) is 18.3. The second kappa shape index (κ2) is 8.81. The van der Waals surface area contributed by atoms with Gasteiger partial charge in [0.1, 0.15) is 25.0 Å². The lowest BCUT2D eigenvalue weighted by atomic mass is 10.1. The first-order chi connectivity index (χ1) is 15.4. The number of carbonyl (C=O) groups excluding carboxylic acids is 3. The number of hydrogen-bond acceptors (Lipinski definition) is 7. The molecule has 3 amide bonds. The Balaban J connectivity index is 1.55. The van der Waals surface area contributed by atoms with E-state index in [0.717, 1.165) is 11.3 Å². The number of esters is 1. The van der Waals surface area contributed by atoms with Crippen LogP contribution in [0.3, 0.4) is 0 Å². The van der Waals surface area contributed by atoms with Crippen LogP contribution in [-0.2, 0) is 9.53 Å². The van der Waals surface area contributed by atoms with Gasteiger partial charge in [-0.25, -0.2) is 14.8 Å². The van der Waals surface area contributed by atoms with Crippen molar-refractivity contribution in [3.63, 3.8) is 0 Å². The fourth-order valence-electron chi connectivity index (χ4n) is 3.95. The van der Waals surface area contributed by atoms with Gasteiger partial charge < -0.3 is 19.3 Å². The fourth-order valence-corrected chi connectivity index (χ4v) is 3.95. The summed E-state index contributed by atoms with van der Waals surface area (Å²) in [6.07, 6.45) is 1.38. The molecule has 3 heterocycles. The molecular formula is C22H25N5O5. The van der Waals surface area contributed by atoms with Crippen molar-refractivity contribution in [3.8, 4) is 5.88 Å². The highest BCUT2D eigenvalue weighted by Crippen LogP contribution is 2.31. The van der Waals surface area contributed by atoms with Crippen LogP contribution in [-0.4, -0.2) is 72.2 Å². The van der Waals surface area contributed by atoms with E-state index in [9.17, 15) is 14.4 Å². The molecule has 10 nitrogen and oxygen atoms in total. The minimum absolute atomic E-state index is 0.0661. The number of aromatic nitrogens is 2. The Morgan fingerprint density at radius 3 is 2.69 bits per heavy atom. The summed E-state index contributed by atoms with van der Waals surface area (Å²) in [6.45, 7) is 7.17. The first-order valence-electron chi connectivity index (χ1n) is 10.5. The first kappa shape index (κ1) is 21.5. The lowest BCUT2D eigenvalue weighted by molar-refractivity contribution is -0.143. The molecule has 0 saturated carbocycles. The van der Waals surface area contributed by atoms with Crippen LogP contribution in [0.15, 0.2) is 24.5 Å². The van der Waals surface area contributed by atoms with Crippen molar-refractivity contribution in [2.45, 2.75) is 20.8 Å². The molecule has 1 saturated heterocycles. The van der Waals surface area contributed by atoms with Crippen LogP contribution in [0, 0.1) is 13.8 Å². The summed E-state index contributed by atoms with van der Waals surface area (Å²) in [7, 11) is 0. The van der Waals surface area contributed by atoms with Gasteiger partial charge in [-0.1, -0.05) is 0 Å². The van der Waals surface area contributed by atoms with Gasteiger partial charge in [-0.05, 0) is 44.5 Å². The van der Waals surface area contributed by atoms with Gasteiger partial charge in [-0.15, -0.1) is 0 Å². The predicted octanol–water partition coefficient (Wildman–Crippen LogP) is 1.94. The normalized spacial score (nSPS) is 16.0. The highest BCUT2D eigenvalue weighted by molar-refractivity contribution is 6.08. The number of amides is 3. The van der Waals surface area contributed by atoms with Crippen molar-refractivity contribution in [2.75, 3.05) is 49.2 Å². The number of benzene rings is 1. The van der Waals surface area contributed by atoms with Crippen LogP contribution in [0.4, 0.5) is 16.2 Å². The van der Waals surface area contributed by atoms with Crippen molar-refractivity contribution in [3.05, 3.63) is 41.3 Å². The number of aryl methyl sites for hydroxylation is 2. The molecule has 0 bridgehead atoms. The van der Waals surface area contributed by atoms with Crippen molar-refractivity contribution in [2.24, 2.45) is 0 Å². The zero-order chi connectivity index (χ0) is 22.8. The van der Waals surface area contributed by atoms with Crippen molar-refractivity contribution < 1.29 is 23.9 Å². The second-order valence-electron chi connectivity index (χ2n) is 7.58. The topological polar surface area (TPSA) is 105 Å². The second-order valence-corrected chi connectivity index (χ2v) is 7.58. The summed E-state index contributed by atoms with van der Waals surface area (Å²) in [5.41, 5.74) is 3.20. The molecule has 0 aliphatic carbocycles. The van der Waals surface area contributed by atoms with Crippen molar-refractivity contribution >= 4 is 29.3 Å². The Labute approximate surface area is 185 Å². The Bertz CT molecular complexity index is 1070. The van der Waals surface area contributed by atoms with E-state index in [2.05, 4.69) is 9.97 Å². The Kier molecular flexibility index (Phi) is 5.93. The Morgan fingerprint density at radius 1 is 1.12 bits per heavy atom. The highest BCUT2D eigenvalue weighted by atomic mass is 16.5. The SMILES string of the molecule is CCOC(=O)CN1CCN(c2ccc(N3CCOc4ncnc(C)c4C3=O)cc2C)C1=O. The van der Waals surface area contributed by atoms with Crippen LogP contribution in [0.1, 0.15) is 28.5 Å². The molecule has 2 aromatic rings. The van der Waals surface area contributed by atoms with Crippen LogP contribution in [0.25, 0.3) is 0 Å². The summed E-state index contributed by atoms with van der Waals surface area (Å²) in [4.78, 5) is 50.7. The van der Waals surface area contributed by atoms with Gasteiger partial charge in [-0.3, -0.25) is 14.5 Å². The third-order valence-corrected chi connectivity index (χ3v) is 5.52. The molecule has 0 radical (unpaired) electrons. The number of fused-ring (bicyclic) bond motifs is 1. The Morgan fingerprint density at radius 2 is 1.94 bits per heavy atom. The highest BCUT2D eigenvalue weighted by Gasteiger charge is 2.33. The minimum Gasteiger partial charge on any atom is -0.475 e. The van der Waals surface area contributed by atoms with E-state index in [-0.39, 0.29) is 25.1 Å². The number of nitrogens with zero attached hydrogens (tertiary/aromatic N) is 5. The number of ether oxygens (including phenoxy) is 2. The average Bonchev–Trinajstić information content (AvgIpc) is 3.00. The number of urea groups is 1. The largest absolute Gasteiger partial charge is 0.475 e. The summed E-state index contributed by atoms with van der Waals surface area (Å²) in [6, 6.07) is 5.27. The van der Waals surface area contributed by atoms with E-state index in [4.69, 9.17) is 9.47 Å². The number of carbonyl (C=O) groups is 3. The van der Waals surface area contributed by atoms with Crippen molar-refractivity contribution in [1.82, 2.24) is 14.9 Å². The smallest absolute Gasteiger partial charge is 0.325 e. The molecule has 1 aromatic heterocycles. The average molecular weight is 439 g/mol. The van der Waals surface area contributed by atoms with Crippen LogP contribution < -0.4 is 14.5 Å². The molecule has 1 fully saturated rings. The molecule has 10 heteroatoms. The molecular weight excluding hydrogens is 414 g/mol. The molecule has 0 N–H and O–H groups in total. The van der Waals surface area contributed by atoms with E-state index in [1.807, 2.05) is 25.1 Å². The number of anilines is 2. The van der Waals surface area contributed by atoms with Gasteiger partial charge in [0, 0.05) is 24.5 Å². The molecule has 2 aliphatic heterocycles. The molecule has 2 aliphatic rings. The molecule has 0 unspecified atom stereocenters. The molecule has 32 heavy (non-hydrogen) atoms. The maximum absolute atomic E-state index is 13.2. The first-order valence-corrected chi connectivity index (χ1v) is 10.5. The predicted molar refractivity (Wildman–Crippen MR) is 116 cm³/mol. The van der Waals surface area contributed by atoms with Crippen LogP contribution in [0.2, 0.25) is 0 Å². The maximum Gasteiger partial charge on any atom is 0.325 e. The Hall–Kier alpha value is -3.69. The van der Waals surface area contributed by atoms with Gasteiger partial charge in [0.05, 0.1) is 18.8 Å². The maximum atomic E-state index is 13.2. The summed E-state index contributed by atoms with van der Waals surface area (Å²) in [5.74, 6) is -0.348. The molecule has 0 atom stereocenters. The molecule has 1 aromatic carbocycles. The molecule has 168 valence electrons. The third-order valence-electron chi connectivity index (χ3n) is 5.52. The lowest BCUT2D eigenvalue weighted by Crippen LogP contribution is -2.36. The monoisotopic (exact) mass is 439 g/mol. The van der Waals surface area contributed by atoms with Crippen LogP contribution >= 0.6 is 0 Å². The summed E-state index contributed by atoms with van der Waals surface area (Å²) < 4.78 is 10.6. The molecule has 4 rings (SSSR count). The quantitative estimate of drug-likeness (QED) is 0.656. The van der Waals surface area contributed by atoms with Gasteiger partial charge >= 0.3 is 12.0 Å². The van der Waals surface area contributed by atoms with Gasteiger partial charge in [0.15, 0.2) is 0 Å². The fraction of sp³-hybridized carbons (Fsp3) is 0.409. The van der Waals surface area contributed by atoms with E-state index >= 15 is 0 Å². The van der Waals surface area contributed by atoms with Crippen LogP contribution in [0.5, 0.6) is 5.88 Å². The summed E-state index contributed by atoms with van der Waals surface area (Å²) >= 11 is 0. The van der Waals surface area contributed by atoms with E-state index in [1.54, 1.807) is 23.6 Å². The number of rotatable bonds is 5. The van der Waals surface area contributed by atoms with E-state index < -0.39 is 5.97 Å². The van der Waals surface area contributed by atoms with E-state index in [1.165, 1.54) is 11.2 Å². The van der Waals surface area contributed by atoms with Gasteiger partial charge in [0.2, 0.25) is 5.88 Å². The zero-order valence-corrected chi connectivity index (χ0v) is 18.3. The van der Waals surface area contributed by atoms with Gasteiger partial charge in [-0.2, -0.15) is 0 Å². The molecule has 0 spiro atoms. The summed E-state index contributed by atoms with van der Waals surface area (Å²) in [5, 5.41) is 0. The minimum atomic E-state index is -0.420. The number of hydrogen-bond donors (Lipinski definition) is 0. The van der Waals surface area contributed by atoms with Crippen molar-refractivity contribution in [1.29, 1.82) is 0 Å². The third kappa shape index (κ3) is 3.95. The van der Waals surface area contributed by atoms with Gasteiger partial charge in [0.25, 0.3) is 5.91 Å². The lowest BCUT2D eigenvalue weighted by Gasteiger charge is -2.24. The van der Waals surface area contributed by atoms with E-state index in [0.29, 0.717) is 49.1 Å².